The summed E-state index contributed by atoms with van der Waals surface area (Å²) in [7, 11) is -2.01. The van der Waals surface area contributed by atoms with Gasteiger partial charge in [-0.3, -0.25) is 0 Å². The molecule has 0 aliphatic heterocycles. The number of aryl methyl sites for hydroxylation is 1. The minimum atomic E-state index is -3.62. The number of sulfonamides is 1. The summed E-state index contributed by atoms with van der Waals surface area (Å²) in [6.45, 7) is 2.00. The maximum Gasteiger partial charge on any atom is 0.243 e. The number of benzene rings is 2. The molecule has 1 aromatic heterocycles. The Morgan fingerprint density at radius 3 is 2.42 bits per heavy atom. The Morgan fingerprint density at radius 2 is 1.77 bits per heavy atom. The number of nitrogens with one attached hydrogen (secondary N) is 1. The van der Waals surface area contributed by atoms with Crippen molar-refractivity contribution in [3.05, 3.63) is 72.1 Å². The zero-order valence-corrected chi connectivity index (χ0v) is 15.5. The van der Waals surface area contributed by atoms with E-state index in [1.54, 1.807) is 24.9 Å². The van der Waals surface area contributed by atoms with E-state index in [1.165, 1.54) is 0 Å². The van der Waals surface area contributed by atoms with E-state index in [9.17, 15) is 8.42 Å². The van der Waals surface area contributed by atoms with Crippen molar-refractivity contribution in [2.24, 2.45) is 0 Å². The Bertz CT molecular complexity index is 965. The van der Waals surface area contributed by atoms with Crippen LogP contribution in [0, 0.1) is 6.92 Å². The first-order valence-corrected chi connectivity index (χ1v) is 9.72. The van der Waals surface area contributed by atoms with E-state index in [0.717, 1.165) is 17.0 Å². The Morgan fingerprint density at radius 1 is 1.08 bits per heavy atom. The molecular weight excluding hydrogens is 350 g/mol. The van der Waals surface area contributed by atoms with Crippen molar-refractivity contribution in [1.82, 2.24) is 14.5 Å². The van der Waals surface area contributed by atoms with Crippen LogP contribution < -0.4 is 9.46 Å². The lowest BCUT2D eigenvalue weighted by atomic mass is 10.1. The van der Waals surface area contributed by atoms with E-state index in [-0.39, 0.29) is 4.90 Å². The quantitative estimate of drug-likeness (QED) is 0.693. The second-order valence-electron chi connectivity index (χ2n) is 5.85. The maximum absolute atomic E-state index is 12.6. The minimum absolute atomic E-state index is 0.191. The van der Waals surface area contributed by atoms with E-state index in [2.05, 4.69) is 9.82 Å². The molecular formula is C19H21N3O3S. The van der Waals surface area contributed by atoms with Gasteiger partial charge >= 0.3 is 0 Å². The van der Waals surface area contributed by atoms with Crippen LogP contribution in [0.5, 0.6) is 5.75 Å². The molecule has 26 heavy (non-hydrogen) atoms. The lowest BCUT2D eigenvalue weighted by Gasteiger charge is -2.06. The summed E-state index contributed by atoms with van der Waals surface area (Å²) in [4.78, 5) is 0.191. The molecule has 3 rings (SSSR count). The first kappa shape index (κ1) is 18.2. The van der Waals surface area contributed by atoms with Gasteiger partial charge in [0.25, 0.3) is 0 Å². The van der Waals surface area contributed by atoms with Crippen molar-refractivity contribution in [1.29, 1.82) is 0 Å². The van der Waals surface area contributed by atoms with Gasteiger partial charge in [0.15, 0.2) is 0 Å². The summed E-state index contributed by atoms with van der Waals surface area (Å²) in [5.41, 5.74) is 2.31. The normalized spacial score (nSPS) is 11.5. The molecule has 2 aromatic carbocycles. The first-order chi connectivity index (χ1) is 12.5. The van der Waals surface area contributed by atoms with Crippen LogP contribution in [0.4, 0.5) is 0 Å². The van der Waals surface area contributed by atoms with Crippen LogP contribution >= 0.6 is 0 Å². The highest BCUT2D eigenvalue weighted by Gasteiger charge is 2.20. The molecule has 0 atom stereocenters. The first-order valence-electron chi connectivity index (χ1n) is 8.24. The topological polar surface area (TPSA) is 73.2 Å². The predicted octanol–water partition coefficient (Wildman–Crippen LogP) is 2.71. The lowest BCUT2D eigenvalue weighted by Crippen LogP contribution is -2.26. The van der Waals surface area contributed by atoms with Gasteiger partial charge in [-0.1, -0.05) is 30.3 Å². The molecule has 6 nitrogen and oxygen atoms in total. The van der Waals surface area contributed by atoms with Crippen molar-refractivity contribution < 1.29 is 13.2 Å². The molecule has 1 N–H and O–H groups in total. The zero-order chi connectivity index (χ0) is 18.6. The third-order valence-electron chi connectivity index (χ3n) is 4.03. The smallest absolute Gasteiger partial charge is 0.243 e. The zero-order valence-electron chi connectivity index (χ0n) is 14.7. The van der Waals surface area contributed by atoms with Gasteiger partial charge in [0.2, 0.25) is 10.0 Å². The molecule has 0 unspecified atom stereocenters. The molecule has 0 fully saturated rings. The van der Waals surface area contributed by atoms with Gasteiger partial charge in [-0.25, -0.2) is 17.8 Å². The number of methoxy groups -OCH3 is 1. The fourth-order valence-corrected chi connectivity index (χ4v) is 3.82. The van der Waals surface area contributed by atoms with Crippen LogP contribution in [0.15, 0.2) is 65.7 Å². The second kappa shape index (κ2) is 7.72. The summed E-state index contributed by atoms with van der Waals surface area (Å²) >= 11 is 0. The fraction of sp³-hybridized carbons (Fsp3) is 0.211. The summed E-state index contributed by atoms with van der Waals surface area (Å²) in [6, 6.07) is 17.0. The standard InChI is InChI=1S/C19H21N3O3S/c1-15-19(14-22(21-15)17-6-4-3-5-7-17)26(23,24)20-13-12-16-8-10-18(25-2)11-9-16/h3-11,14,20H,12-13H2,1-2H3. The van der Waals surface area contributed by atoms with Gasteiger partial charge in [-0.05, 0) is 43.2 Å². The van der Waals surface area contributed by atoms with Crippen LogP contribution in [0.1, 0.15) is 11.3 Å². The predicted molar refractivity (Wildman–Crippen MR) is 100 cm³/mol. The molecule has 0 aliphatic carbocycles. The summed E-state index contributed by atoms with van der Waals surface area (Å²) in [6.07, 6.45) is 2.13. The molecule has 0 bridgehead atoms. The van der Waals surface area contributed by atoms with E-state index in [1.807, 2.05) is 54.6 Å². The number of para-hydroxylation sites is 1. The molecule has 1 heterocycles. The van der Waals surface area contributed by atoms with E-state index < -0.39 is 10.0 Å². The highest BCUT2D eigenvalue weighted by Crippen LogP contribution is 2.17. The molecule has 136 valence electrons. The highest BCUT2D eigenvalue weighted by atomic mass is 32.2. The van der Waals surface area contributed by atoms with Crippen LogP contribution in [0.25, 0.3) is 5.69 Å². The average Bonchev–Trinajstić information content (AvgIpc) is 3.06. The molecule has 0 radical (unpaired) electrons. The summed E-state index contributed by atoms with van der Waals surface area (Å²) in [5.74, 6) is 0.776. The van der Waals surface area contributed by atoms with Gasteiger partial charge in [0.1, 0.15) is 10.6 Å². The van der Waals surface area contributed by atoms with Gasteiger partial charge in [0.05, 0.1) is 24.7 Å². The van der Waals surface area contributed by atoms with Crippen LogP contribution in [0.2, 0.25) is 0 Å². The molecule has 0 spiro atoms. The van der Waals surface area contributed by atoms with Crippen molar-refractivity contribution in [3.63, 3.8) is 0 Å². The average molecular weight is 371 g/mol. The number of hydrogen-bond acceptors (Lipinski definition) is 4. The summed E-state index contributed by atoms with van der Waals surface area (Å²) < 4.78 is 34.5. The highest BCUT2D eigenvalue weighted by molar-refractivity contribution is 7.89. The molecule has 0 aliphatic rings. The Hall–Kier alpha value is -2.64. The summed E-state index contributed by atoms with van der Waals surface area (Å²) in [5, 5.41) is 4.32. The Kier molecular flexibility index (Phi) is 5.39. The van der Waals surface area contributed by atoms with Crippen molar-refractivity contribution >= 4 is 10.0 Å². The monoisotopic (exact) mass is 371 g/mol. The van der Waals surface area contributed by atoms with Crippen molar-refractivity contribution in [2.45, 2.75) is 18.2 Å². The second-order valence-corrected chi connectivity index (χ2v) is 7.59. The molecule has 0 saturated carbocycles. The SMILES string of the molecule is COc1ccc(CCNS(=O)(=O)c2cn(-c3ccccc3)nc2C)cc1. The van der Waals surface area contributed by atoms with Crippen LogP contribution in [-0.2, 0) is 16.4 Å². The third-order valence-corrected chi connectivity index (χ3v) is 5.59. The van der Waals surface area contributed by atoms with Gasteiger partial charge in [-0.2, -0.15) is 5.10 Å². The van der Waals surface area contributed by atoms with Gasteiger partial charge in [-0.15, -0.1) is 0 Å². The van der Waals surface area contributed by atoms with Gasteiger partial charge < -0.3 is 4.74 Å². The number of rotatable bonds is 7. The number of hydrogen-bond donors (Lipinski definition) is 1. The number of aromatic nitrogens is 2. The molecule has 0 amide bonds. The van der Waals surface area contributed by atoms with E-state index >= 15 is 0 Å². The Balaban J connectivity index is 1.69. The van der Waals surface area contributed by atoms with E-state index in [0.29, 0.717) is 18.7 Å². The Labute approximate surface area is 153 Å². The van der Waals surface area contributed by atoms with Crippen LogP contribution in [0.3, 0.4) is 0 Å². The molecule has 7 heteroatoms. The van der Waals surface area contributed by atoms with Crippen LogP contribution in [-0.4, -0.2) is 31.9 Å². The van der Waals surface area contributed by atoms with E-state index in [4.69, 9.17) is 4.74 Å². The molecule has 0 saturated heterocycles. The third kappa shape index (κ3) is 4.12. The minimum Gasteiger partial charge on any atom is -0.497 e. The fourth-order valence-electron chi connectivity index (χ4n) is 2.62. The number of nitrogens with zero attached hydrogens (tertiary/aromatic N) is 2. The van der Waals surface area contributed by atoms with Crippen molar-refractivity contribution in [3.8, 4) is 11.4 Å². The number of ether oxygens (including phenoxy) is 1. The van der Waals surface area contributed by atoms with Gasteiger partial charge in [0, 0.05) is 6.54 Å². The largest absolute Gasteiger partial charge is 0.497 e. The molecule has 3 aromatic rings. The lowest BCUT2D eigenvalue weighted by molar-refractivity contribution is 0.414. The maximum atomic E-state index is 12.6. The van der Waals surface area contributed by atoms with Crippen molar-refractivity contribution in [2.75, 3.05) is 13.7 Å².